The van der Waals surface area contributed by atoms with E-state index >= 15 is 0 Å². The van der Waals surface area contributed by atoms with E-state index in [0.717, 1.165) is 19.7 Å². The van der Waals surface area contributed by atoms with Gasteiger partial charge in [-0.3, -0.25) is 9.69 Å². The first-order valence-corrected chi connectivity index (χ1v) is 4.56. The van der Waals surface area contributed by atoms with Gasteiger partial charge in [0.25, 0.3) is 0 Å². The zero-order valence-electron chi connectivity index (χ0n) is 8.19. The van der Waals surface area contributed by atoms with E-state index in [1.807, 2.05) is 4.90 Å². The summed E-state index contributed by atoms with van der Waals surface area (Å²) in [6.07, 6.45) is 0. The monoisotopic (exact) mass is 187 g/mol. The average molecular weight is 187 g/mol. The van der Waals surface area contributed by atoms with Gasteiger partial charge < -0.3 is 9.84 Å². The van der Waals surface area contributed by atoms with Crippen LogP contribution < -0.4 is 0 Å². The molecule has 1 N–H and O–H groups in total. The minimum atomic E-state index is -0.745. The van der Waals surface area contributed by atoms with Crippen LogP contribution in [0.2, 0.25) is 0 Å². The van der Waals surface area contributed by atoms with Crippen LogP contribution in [0.1, 0.15) is 6.92 Å². The lowest BCUT2D eigenvalue weighted by molar-refractivity contribution is -0.138. The number of nitrogens with zero attached hydrogens (tertiary/aromatic N) is 1. The first-order chi connectivity index (χ1) is 6.13. The average Bonchev–Trinajstić information content (AvgIpc) is 2.31. The molecule has 1 fully saturated rings. The smallest absolute Gasteiger partial charge is 0.317 e. The number of aliphatic carboxylic acids is 1. The lowest BCUT2D eigenvalue weighted by Crippen LogP contribution is -2.28. The summed E-state index contributed by atoms with van der Waals surface area (Å²) in [4.78, 5) is 12.4. The van der Waals surface area contributed by atoms with Crippen LogP contribution in [0.25, 0.3) is 0 Å². The van der Waals surface area contributed by atoms with Crippen LogP contribution in [-0.4, -0.2) is 49.3 Å². The van der Waals surface area contributed by atoms with Gasteiger partial charge in [-0.2, -0.15) is 0 Å². The van der Waals surface area contributed by atoms with Crippen LogP contribution in [0.5, 0.6) is 0 Å². The number of ether oxygens (including phenoxy) is 1. The van der Waals surface area contributed by atoms with Gasteiger partial charge in [0.15, 0.2) is 0 Å². The molecule has 0 aromatic heterocycles. The third-order valence-electron chi connectivity index (χ3n) is 2.58. The maximum atomic E-state index is 10.5. The fourth-order valence-electron chi connectivity index (χ4n) is 1.89. The Bertz CT molecular complexity index is 184. The van der Waals surface area contributed by atoms with E-state index in [2.05, 4.69) is 6.92 Å². The molecule has 2 unspecified atom stereocenters. The van der Waals surface area contributed by atoms with Gasteiger partial charge >= 0.3 is 5.97 Å². The Balaban J connectivity index is 2.35. The molecule has 0 aromatic carbocycles. The first-order valence-electron chi connectivity index (χ1n) is 4.56. The van der Waals surface area contributed by atoms with Gasteiger partial charge in [0, 0.05) is 20.2 Å². The minimum Gasteiger partial charge on any atom is -0.480 e. The number of carboxylic acid groups (broad SMARTS) is 1. The summed E-state index contributed by atoms with van der Waals surface area (Å²) in [7, 11) is 1.69. The molecule has 1 rings (SSSR count). The van der Waals surface area contributed by atoms with Crippen molar-refractivity contribution in [1.29, 1.82) is 0 Å². The van der Waals surface area contributed by atoms with E-state index < -0.39 is 5.97 Å². The molecule has 0 radical (unpaired) electrons. The summed E-state index contributed by atoms with van der Waals surface area (Å²) in [6, 6.07) is 0. The van der Waals surface area contributed by atoms with Crippen molar-refractivity contribution in [1.82, 2.24) is 4.90 Å². The van der Waals surface area contributed by atoms with Crippen molar-refractivity contribution in [2.24, 2.45) is 11.8 Å². The Morgan fingerprint density at radius 2 is 2.31 bits per heavy atom. The molecule has 4 nitrogen and oxygen atoms in total. The molecule has 4 heteroatoms. The maximum absolute atomic E-state index is 10.5. The highest BCUT2D eigenvalue weighted by molar-refractivity contribution is 5.69. The topological polar surface area (TPSA) is 49.8 Å². The van der Waals surface area contributed by atoms with Gasteiger partial charge in [0.05, 0.1) is 13.2 Å². The summed E-state index contributed by atoms with van der Waals surface area (Å²) in [6.45, 7) is 4.76. The summed E-state index contributed by atoms with van der Waals surface area (Å²) < 4.78 is 5.08. The number of carboxylic acids is 1. The van der Waals surface area contributed by atoms with Gasteiger partial charge in [-0.1, -0.05) is 6.92 Å². The molecule has 1 heterocycles. The Labute approximate surface area is 78.5 Å². The molecule has 1 aliphatic rings. The van der Waals surface area contributed by atoms with Crippen molar-refractivity contribution < 1.29 is 14.6 Å². The fraction of sp³-hybridized carbons (Fsp3) is 0.889. The van der Waals surface area contributed by atoms with Gasteiger partial charge in [0.2, 0.25) is 0 Å². The summed E-state index contributed by atoms with van der Waals surface area (Å²) >= 11 is 0. The second-order valence-electron chi connectivity index (χ2n) is 3.78. The predicted octanol–water partition coefficient (Wildman–Crippen LogP) is 0.285. The van der Waals surface area contributed by atoms with E-state index in [4.69, 9.17) is 9.84 Å². The Morgan fingerprint density at radius 3 is 2.85 bits per heavy atom. The van der Waals surface area contributed by atoms with Crippen LogP contribution in [0.15, 0.2) is 0 Å². The molecule has 1 aliphatic heterocycles. The van der Waals surface area contributed by atoms with E-state index in [-0.39, 0.29) is 6.54 Å². The van der Waals surface area contributed by atoms with Crippen molar-refractivity contribution in [3.05, 3.63) is 0 Å². The molecule has 2 atom stereocenters. The number of hydrogen-bond donors (Lipinski definition) is 1. The summed E-state index contributed by atoms with van der Waals surface area (Å²) in [5.74, 6) is 0.286. The third kappa shape index (κ3) is 2.97. The number of hydrogen-bond acceptors (Lipinski definition) is 3. The fourth-order valence-corrected chi connectivity index (χ4v) is 1.89. The largest absolute Gasteiger partial charge is 0.480 e. The van der Waals surface area contributed by atoms with Gasteiger partial charge in [-0.05, 0) is 11.8 Å². The standard InChI is InChI=1S/C9H17NO3/c1-7-3-10(5-9(11)12)4-8(7)6-13-2/h7-8H,3-6H2,1-2H3,(H,11,12). The predicted molar refractivity (Wildman–Crippen MR) is 48.6 cm³/mol. The highest BCUT2D eigenvalue weighted by atomic mass is 16.5. The minimum absolute atomic E-state index is 0.157. The van der Waals surface area contributed by atoms with E-state index in [9.17, 15) is 4.79 Å². The molecule has 0 spiro atoms. The van der Waals surface area contributed by atoms with Crippen molar-refractivity contribution in [2.45, 2.75) is 6.92 Å². The van der Waals surface area contributed by atoms with Crippen LogP contribution in [0.3, 0.4) is 0 Å². The van der Waals surface area contributed by atoms with Gasteiger partial charge in [0.1, 0.15) is 0 Å². The van der Waals surface area contributed by atoms with Crippen molar-refractivity contribution in [2.75, 3.05) is 33.4 Å². The zero-order valence-corrected chi connectivity index (χ0v) is 8.19. The number of methoxy groups -OCH3 is 1. The quantitative estimate of drug-likeness (QED) is 0.687. The third-order valence-corrected chi connectivity index (χ3v) is 2.58. The SMILES string of the molecule is COCC1CN(CC(=O)O)CC1C. The normalized spacial score (nSPS) is 29.4. The number of rotatable bonds is 4. The van der Waals surface area contributed by atoms with Crippen LogP contribution in [-0.2, 0) is 9.53 Å². The maximum Gasteiger partial charge on any atom is 0.317 e. The summed E-state index contributed by atoms with van der Waals surface area (Å²) in [5.41, 5.74) is 0. The lowest BCUT2D eigenvalue weighted by Gasteiger charge is -2.12. The summed E-state index contributed by atoms with van der Waals surface area (Å²) in [5, 5.41) is 8.60. The van der Waals surface area contributed by atoms with Crippen molar-refractivity contribution in [3.63, 3.8) is 0 Å². The second-order valence-corrected chi connectivity index (χ2v) is 3.78. The Morgan fingerprint density at radius 1 is 1.62 bits per heavy atom. The van der Waals surface area contributed by atoms with E-state index in [0.29, 0.717) is 11.8 Å². The molecule has 0 saturated carbocycles. The zero-order chi connectivity index (χ0) is 9.84. The number of likely N-dealkylation sites (tertiary alicyclic amines) is 1. The van der Waals surface area contributed by atoms with Crippen LogP contribution in [0.4, 0.5) is 0 Å². The van der Waals surface area contributed by atoms with Gasteiger partial charge in [-0.15, -0.1) is 0 Å². The van der Waals surface area contributed by atoms with Gasteiger partial charge in [-0.25, -0.2) is 0 Å². The Hall–Kier alpha value is -0.610. The highest BCUT2D eigenvalue weighted by Crippen LogP contribution is 2.22. The molecule has 0 bridgehead atoms. The second kappa shape index (κ2) is 4.58. The lowest BCUT2D eigenvalue weighted by atomic mass is 10.00. The van der Waals surface area contributed by atoms with Crippen LogP contribution in [0, 0.1) is 11.8 Å². The first kappa shape index (κ1) is 10.5. The molecular formula is C9H17NO3. The molecular weight excluding hydrogens is 170 g/mol. The van der Waals surface area contributed by atoms with E-state index in [1.54, 1.807) is 7.11 Å². The van der Waals surface area contributed by atoms with Crippen LogP contribution >= 0.6 is 0 Å². The molecule has 1 saturated heterocycles. The molecule has 0 aliphatic carbocycles. The molecule has 0 aromatic rings. The number of carbonyl (C=O) groups is 1. The molecule has 0 amide bonds. The Kier molecular flexibility index (Phi) is 3.69. The molecule has 76 valence electrons. The highest BCUT2D eigenvalue weighted by Gasteiger charge is 2.30. The molecule has 13 heavy (non-hydrogen) atoms. The van der Waals surface area contributed by atoms with E-state index in [1.165, 1.54) is 0 Å². The van der Waals surface area contributed by atoms with Crippen molar-refractivity contribution in [3.8, 4) is 0 Å². The van der Waals surface area contributed by atoms with Crippen molar-refractivity contribution >= 4 is 5.97 Å².